The first kappa shape index (κ1) is 17.3. The first-order valence-electron chi connectivity index (χ1n) is 8.14. The van der Waals surface area contributed by atoms with Crippen molar-refractivity contribution in [1.82, 2.24) is 4.90 Å². The van der Waals surface area contributed by atoms with E-state index in [4.69, 9.17) is 4.74 Å². The van der Waals surface area contributed by atoms with Crippen molar-refractivity contribution in [3.8, 4) is 5.75 Å². The van der Waals surface area contributed by atoms with E-state index < -0.39 is 0 Å². The van der Waals surface area contributed by atoms with E-state index in [2.05, 4.69) is 4.74 Å². The van der Waals surface area contributed by atoms with Gasteiger partial charge in [-0.25, -0.2) is 0 Å². The van der Waals surface area contributed by atoms with E-state index in [1.807, 2.05) is 24.1 Å². The van der Waals surface area contributed by atoms with Crippen LogP contribution in [0.25, 0.3) is 0 Å². The molecule has 0 radical (unpaired) electrons. The van der Waals surface area contributed by atoms with Gasteiger partial charge in [0.25, 0.3) is 5.91 Å². The number of methoxy groups -OCH3 is 1. The second-order valence-electron chi connectivity index (χ2n) is 5.98. The summed E-state index contributed by atoms with van der Waals surface area (Å²) in [7, 11) is 3.23. The van der Waals surface area contributed by atoms with Gasteiger partial charge in [0.1, 0.15) is 5.75 Å². The van der Waals surface area contributed by atoms with Crippen molar-refractivity contribution in [3.05, 3.63) is 29.8 Å². The maximum atomic E-state index is 12.2. The van der Waals surface area contributed by atoms with E-state index in [-0.39, 0.29) is 24.9 Å². The number of hydrogen-bond acceptors (Lipinski definition) is 4. The van der Waals surface area contributed by atoms with Crippen molar-refractivity contribution in [2.24, 2.45) is 0 Å². The molecule has 126 valence electrons. The van der Waals surface area contributed by atoms with Gasteiger partial charge in [0.2, 0.25) is 0 Å². The van der Waals surface area contributed by atoms with Crippen LogP contribution in [0.15, 0.2) is 24.3 Å². The van der Waals surface area contributed by atoms with Crippen molar-refractivity contribution < 1.29 is 19.1 Å². The highest BCUT2D eigenvalue weighted by Crippen LogP contribution is 2.22. The number of likely N-dealkylation sites (N-methyl/N-ethyl adjacent to an activating group) is 1. The second kappa shape index (κ2) is 8.56. The normalized spacial score (nSPS) is 15.0. The average molecular weight is 319 g/mol. The molecule has 0 N–H and O–H groups in total. The summed E-state index contributed by atoms with van der Waals surface area (Å²) in [5, 5.41) is 0. The molecule has 1 aliphatic rings. The minimum atomic E-state index is -0.275. The summed E-state index contributed by atoms with van der Waals surface area (Å²) in [4.78, 5) is 25.2. The predicted molar refractivity (Wildman–Crippen MR) is 87.3 cm³/mol. The molecule has 2 rings (SSSR count). The Morgan fingerprint density at radius 1 is 1.13 bits per heavy atom. The zero-order chi connectivity index (χ0) is 16.7. The van der Waals surface area contributed by atoms with Crippen LogP contribution in [0.3, 0.4) is 0 Å². The molecule has 1 saturated carbocycles. The molecule has 5 heteroatoms. The van der Waals surface area contributed by atoms with E-state index in [1.54, 1.807) is 12.1 Å². The maximum Gasteiger partial charge on any atom is 0.309 e. The van der Waals surface area contributed by atoms with Gasteiger partial charge in [-0.2, -0.15) is 0 Å². The van der Waals surface area contributed by atoms with Gasteiger partial charge in [-0.1, -0.05) is 31.4 Å². The predicted octanol–water partition coefficient (Wildman–Crippen LogP) is 2.57. The number of amides is 1. The quantitative estimate of drug-likeness (QED) is 0.756. The van der Waals surface area contributed by atoms with Crippen molar-refractivity contribution >= 4 is 11.9 Å². The highest BCUT2D eigenvalue weighted by molar-refractivity contribution is 5.77. The first-order chi connectivity index (χ1) is 11.1. The van der Waals surface area contributed by atoms with Crippen molar-refractivity contribution in [2.75, 3.05) is 20.8 Å². The molecule has 1 fully saturated rings. The number of ether oxygens (including phenoxy) is 2. The van der Waals surface area contributed by atoms with Gasteiger partial charge in [0.05, 0.1) is 13.5 Å². The van der Waals surface area contributed by atoms with Crippen LogP contribution in [-0.2, 0) is 20.7 Å². The van der Waals surface area contributed by atoms with E-state index in [0.717, 1.165) is 18.4 Å². The number of hydrogen-bond donors (Lipinski definition) is 0. The fourth-order valence-electron chi connectivity index (χ4n) is 2.86. The highest BCUT2D eigenvalue weighted by atomic mass is 16.5. The zero-order valence-corrected chi connectivity index (χ0v) is 13.9. The zero-order valence-electron chi connectivity index (χ0n) is 13.9. The van der Waals surface area contributed by atoms with E-state index in [0.29, 0.717) is 11.8 Å². The molecule has 5 nitrogen and oxygen atoms in total. The van der Waals surface area contributed by atoms with Crippen LogP contribution in [0.4, 0.5) is 0 Å². The Balaban J connectivity index is 1.80. The van der Waals surface area contributed by atoms with Gasteiger partial charge >= 0.3 is 5.97 Å². The lowest BCUT2D eigenvalue weighted by Crippen LogP contribution is -2.40. The van der Waals surface area contributed by atoms with Crippen LogP contribution < -0.4 is 4.74 Å². The van der Waals surface area contributed by atoms with Crippen molar-refractivity contribution in [2.45, 2.75) is 44.6 Å². The SMILES string of the molecule is COC(=O)Cc1ccc(OCC(=O)N(C)C2CCCCC2)cc1. The monoisotopic (exact) mass is 319 g/mol. The number of esters is 1. The molecule has 0 unspecified atom stereocenters. The molecule has 0 atom stereocenters. The molecule has 1 amide bonds. The van der Waals surface area contributed by atoms with Gasteiger partial charge < -0.3 is 14.4 Å². The van der Waals surface area contributed by atoms with E-state index >= 15 is 0 Å². The van der Waals surface area contributed by atoms with E-state index in [1.165, 1.54) is 26.4 Å². The summed E-state index contributed by atoms with van der Waals surface area (Å²) in [6.45, 7) is 0.0450. The Bertz CT molecular complexity index is 520. The van der Waals surface area contributed by atoms with Crippen molar-refractivity contribution in [1.29, 1.82) is 0 Å². The Labute approximate surface area is 137 Å². The van der Waals surface area contributed by atoms with Crippen LogP contribution in [0.5, 0.6) is 5.75 Å². The third-order valence-corrected chi connectivity index (χ3v) is 4.38. The number of carbonyl (C=O) groups is 2. The third-order valence-electron chi connectivity index (χ3n) is 4.38. The first-order valence-corrected chi connectivity index (χ1v) is 8.14. The largest absolute Gasteiger partial charge is 0.484 e. The Hall–Kier alpha value is -2.04. The Morgan fingerprint density at radius 3 is 2.39 bits per heavy atom. The Kier molecular flexibility index (Phi) is 6.44. The molecular formula is C18H25NO4. The van der Waals surface area contributed by atoms with Gasteiger partial charge in [-0.15, -0.1) is 0 Å². The average Bonchev–Trinajstić information content (AvgIpc) is 2.60. The highest BCUT2D eigenvalue weighted by Gasteiger charge is 2.22. The molecule has 1 aromatic carbocycles. The number of benzene rings is 1. The van der Waals surface area contributed by atoms with E-state index in [9.17, 15) is 9.59 Å². The molecule has 0 aromatic heterocycles. The molecule has 0 spiro atoms. The lowest BCUT2D eigenvalue weighted by Gasteiger charge is -2.31. The molecule has 0 aliphatic heterocycles. The summed E-state index contributed by atoms with van der Waals surface area (Å²) >= 11 is 0. The fourth-order valence-corrected chi connectivity index (χ4v) is 2.86. The minimum absolute atomic E-state index is 0.00976. The molecular weight excluding hydrogens is 294 g/mol. The summed E-state index contributed by atoms with van der Waals surface area (Å²) < 4.78 is 10.2. The summed E-state index contributed by atoms with van der Waals surface area (Å²) in [6, 6.07) is 7.50. The van der Waals surface area contributed by atoms with Crippen molar-refractivity contribution in [3.63, 3.8) is 0 Å². The van der Waals surface area contributed by atoms with Gasteiger partial charge in [0, 0.05) is 13.1 Å². The van der Waals surface area contributed by atoms with Crippen LogP contribution in [-0.4, -0.2) is 43.6 Å². The smallest absolute Gasteiger partial charge is 0.309 e. The molecule has 1 aliphatic carbocycles. The summed E-state index contributed by atoms with van der Waals surface area (Å²) in [5.74, 6) is 0.363. The molecule has 23 heavy (non-hydrogen) atoms. The second-order valence-corrected chi connectivity index (χ2v) is 5.98. The molecule has 0 bridgehead atoms. The van der Waals surface area contributed by atoms with Gasteiger partial charge in [-0.3, -0.25) is 9.59 Å². The third kappa shape index (κ3) is 5.27. The molecule has 0 heterocycles. The number of nitrogens with zero attached hydrogens (tertiary/aromatic N) is 1. The minimum Gasteiger partial charge on any atom is -0.484 e. The van der Waals surface area contributed by atoms with Crippen LogP contribution in [0.1, 0.15) is 37.7 Å². The molecule has 0 saturated heterocycles. The standard InChI is InChI=1S/C18H25NO4/c1-19(15-6-4-3-5-7-15)17(20)13-23-16-10-8-14(9-11-16)12-18(21)22-2/h8-11,15H,3-7,12-13H2,1-2H3. The van der Waals surface area contributed by atoms with Gasteiger partial charge in [-0.05, 0) is 30.5 Å². The summed E-state index contributed by atoms with van der Waals surface area (Å²) in [5.41, 5.74) is 0.856. The van der Waals surface area contributed by atoms with Gasteiger partial charge in [0.15, 0.2) is 6.61 Å². The topological polar surface area (TPSA) is 55.8 Å². The number of rotatable bonds is 6. The van der Waals surface area contributed by atoms with Crippen LogP contribution in [0.2, 0.25) is 0 Å². The fraction of sp³-hybridized carbons (Fsp3) is 0.556. The summed E-state index contributed by atoms with van der Waals surface area (Å²) in [6.07, 6.45) is 6.08. The lowest BCUT2D eigenvalue weighted by molar-refractivity contribution is -0.139. The Morgan fingerprint density at radius 2 is 1.78 bits per heavy atom. The number of carbonyl (C=O) groups excluding carboxylic acids is 2. The molecule has 1 aromatic rings. The lowest BCUT2D eigenvalue weighted by atomic mass is 9.94. The maximum absolute atomic E-state index is 12.2. The van der Waals surface area contributed by atoms with Crippen LogP contribution in [0, 0.1) is 0 Å². The van der Waals surface area contributed by atoms with Crippen LogP contribution >= 0.6 is 0 Å².